The molecule has 4 N–H and O–H groups in total. The maximum atomic E-state index is 13.8. The van der Waals surface area contributed by atoms with Crippen LogP contribution in [0.25, 0.3) is 0 Å². The van der Waals surface area contributed by atoms with Crippen molar-refractivity contribution in [2.45, 2.75) is 12.6 Å². The normalized spacial score (nSPS) is 11.7. The molecule has 0 bridgehead atoms. The van der Waals surface area contributed by atoms with Gasteiger partial charge in [-0.15, -0.1) is 0 Å². The molecule has 23 heavy (non-hydrogen) atoms. The standard InChI is InChI=1S/C17H18FN3O2/c1-23-15(13-4-2-3-5-14(13)18)17(22)21-10-11-6-8-12(9-7-11)16(19)20/h2-9,15H,10H2,1H3,(H3,19,20)(H,21,22). The molecule has 5 nitrogen and oxygen atoms in total. The summed E-state index contributed by atoms with van der Waals surface area (Å²) >= 11 is 0. The first-order valence-electron chi connectivity index (χ1n) is 7.01. The summed E-state index contributed by atoms with van der Waals surface area (Å²) in [6.45, 7) is 0.269. The van der Waals surface area contributed by atoms with Crippen LogP contribution in [0.4, 0.5) is 4.39 Å². The second kappa shape index (κ2) is 7.51. The minimum absolute atomic E-state index is 0.0143. The van der Waals surface area contributed by atoms with E-state index < -0.39 is 17.8 Å². The summed E-state index contributed by atoms with van der Waals surface area (Å²) < 4.78 is 18.9. The minimum atomic E-state index is -1.01. The van der Waals surface area contributed by atoms with Crippen LogP contribution in [0.5, 0.6) is 0 Å². The van der Waals surface area contributed by atoms with Gasteiger partial charge in [-0.2, -0.15) is 0 Å². The van der Waals surface area contributed by atoms with Crippen LogP contribution in [-0.2, 0) is 16.1 Å². The first-order valence-corrected chi connectivity index (χ1v) is 7.01. The number of carbonyl (C=O) groups is 1. The van der Waals surface area contributed by atoms with Gasteiger partial charge in [-0.3, -0.25) is 10.2 Å². The highest BCUT2D eigenvalue weighted by molar-refractivity contribution is 5.94. The van der Waals surface area contributed by atoms with Crippen molar-refractivity contribution in [2.75, 3.05) is 7.11 Å². The highest BCUT2D eigenvalue weighted by Gasteiger charge is 2.22. The van der Waals surface area contributed by atoms with Gasteiger partial charge in [0.25, 0.3) is 5.91 Å². The predicted molar refractivity (Wildman–Crippen MR) is 85.5 cm³/mol. The summed E-state index contributed by atoms with van der Waals surface area (Å²) in [4.78, 5) is 12.2. The van der Waals surface area contributed by atoms with Crippen molar-refractivity contribution < 1.29 is 13.9 Å². The number of amides is 1. The number of nitrogen functional groups attached to an aromatic ring is 1. The molecule has 6 heteroatoms. The number of ether oxygens (including phenoxy) is 1. The van der Waals surface area contributed by atoms with Crippen molar-refractivity contribution in [3.8, 4) is 0 Å². The topological polar surface area (TPSA) is 88.2 Å². The van der Waals surface area contributed by atoms with E-state index in [1.165, 1.54) is 19.2 Å². The fourth-order valence-electron chi connectivity index (χ4n) is 2.15. The Kier molecular flexibility index (Phi) is 5.43. The Hall–Kier alpha value is -2.73. The summed E-state index contributed by atoms with van der Waals surface area (Å²) in [6, 6.07) is 12.9. The lowest BCUT2D eigenvalue weighted by Crippen LogP contribution is -2.30. The van der Waals surface area contributed by atoms with E-state index >= 15 is 0 Å². The number of halogens is 1. The molecule has 0 radical (unpaired) electrons. The van der Waals surface area contributed by atoms with Gasteiger partial charge in [0, 0.05) is 24.8 Å². The van der Waals surface area contributed by atoms with Gasteiger partial charge >= 0.3 is 0 Å². The van der Waals surface area contributed by atoms with Crippen LogP contribution in [0, 0.1) is 11.2 Å². The highest BCUT2D eigenvalue weighted by atomic mass is 19.1. The number of amidine groups is 1. The van der Waals surface area contributed by atoms with Gasteiger partial charge in [0.1, 0.15) is 11.7 Å². The van der Waals surface area contributed by atoms with Crippen molar-refractivity contribution in [2.24, 2.45) is 5.73 Å². The maximum absolute atomic E-state index is 13.8. The van der Waals surface area contributed by atoms with Crippen LogP contribution < -0.4 is 11.1 Å². The number of methoxy groups -OCH3 is 1. The van der Waals surface area contributed by atoms with Crippen LogP contribution >= 0.6 is 0 Å². The zero-order chi connectivity index (χ0) is 16.8. The van der Waals surface area contributed by atoms with Gasteiger partial charge in [0.2, 0.25) is 0 Å². The van der Waals surface area contributed by atoms with E-state index in [-0.39, 0.29) is 17.9 Å². The molecule has 1 unspecified atom stereocenters. The third kappa shape index (κ3) is 4.14. The van der Waals surface area contributed by atoms with Crippen molar-refractivity contribution in [3.05, 3.63) is 71.0 Å². The summed E-state index contributed by atoms with van der Waals surface area (Å²) in [5.41, 5.74) is 7.03. The largest absolute Gasteiger partial charge is 0.384 e. The molecule has 2 rings (SSSR count). The quantitative estimate of drug-likeness (QED) is 0.563. The van der Waals surface area contributed by atoms with Crippen LogP contribution in [0.3, 0.4) is 0 Å². The van der Waals surface area contributed by atoms with E-state index in [9.17, 15) is 9.18 Å². The lowest BCUT2D eigenvalue weighted by Gasteiger charge is -2.16. The number of rotatable bonds is 6. The number of nitrogens with one attached hydrogen (secondary N) is 2. The molecule has 0 saturated carbocycles. The molecular weight excluding hydrogens is 297 g/mol. The van der Waals surface area contributed by atoms with Crippen molar-refractivity contribution in [1.82, 2.24) is 5.32 Å². The molecule has 2 aromatic rings. The second-order valence-corrected chi connectivity index (χ2v) is 4.97. The number of hydrogen-bond donors (Lipinski definition) is 3. The Morgan fingerprint density at radius 3 is 2.48 bits per heavy atom. The SMILES string of the molecule is COC(C(=O)NCc1ccc(C(=N)N)cc1)c1ccccc1F. The summed E-state index contributed by atoms with van der Waals surface area (Å²) in [7, 11) is 1.36. The molecule has 0 fully saturated rings. The van der Waals surface area contributed by atoms with E-state index in [0.29, 0.717) is 5.56 Å². The Morgan fingerprint density at radius 2 is 1.91 bits per heavy atom. The van der Waals surface area contributed by atoms with E-state index in [0.717, 1.165) is 5.56 Å². The average Bonchev–Trinajstić information content (AvgIpc) is 2.55. The Bertz CT molecular complexity index is 701. The van der Waals surface area contributed by atoms with Gasteiger partial charge in [-0.25, -0.2) is 4.39 Å². The van der Waals surface area contributed by atoms with Gasteiger partial charge in [0.15, 0.2) is 6.10 Å². The number of nitrogens with two attached hydrogens (primary N) is 1. The Balaban J connectivity index is 2.03. The predicted octanol–water partition coefficient (Wildman–Crippen LogP) is 2.11. The zero-order valence-corrected chi connectivity index (χ0v) is 12.7. The van der Waals surface area contributed by atoms with E-state index in [1.54, 1.807) is 36.4 Å². The summed E-state index contributed by atoms with van der Waals surface area (Å²) in [5.74, 6) is -0.923. The van der Waals surface area contributed by atoms with Crippen LogP contribution in [-0.4, -0.2) is 18.9 Å². The van der Waals surface area contributed by atoms with Gasteiger partial charge < -0.3 is 15.8 Å². The highest BCUT2D eigenvalue weighted by Crippen LogP contribution is 2.20. The number of hydrogen-bond acceptors (Lipinski definition) is 3. The van der Waals surface area contributed by atoms with Crippen molar-refractivity contribution >= 4 is 11.7 Å². The van der Waals surface area contributed by atoms with Crippen LogP contribution in [0.1, 0.15) is 22.8 Å². The monoisotopic (exact) mass is 315 g/mol. The lowest BCUT2D eigenvalue weighted by molar-refractivity contribution is -0.131. The fraction of sp³-hybridized carbons (Fsp3) is 0.176. The Labute approximate surface area is 133 Å². The van der Waals surface area contributed by atoms with Crippen LogP contribution in [0.2, 0.25) is 0 Å². The zero-order valence-electron chi connectivity index (χ0n) is 12.7. The third-order valence-corrected chi connectivity index (χ3v) is 3.39. The molecule has 1 amide bonds. The molecule has 2 aromatic carbocycles. The first-order chi connectivity index (χ1) is 11.0. The van der Waals surface area contributed by atoms with Gasteiger partial charge in [0.05, 0.1) is 0 Å². The summed E-state index contributed by atoms with van der Waals surface area (Å²) in [5, 5.41) is 10.0. The van der Waals surface area contributed by atoms with Crippen LogP contribution in [0.15, 0.2) is 48.5 Å². The van der Waals surface area contributed by atoms with Gasteiger partial charge in [-0.05, 0) is 11.6 Å². The van der Waals surface area contributed by atoms with E-state index in [2.05, 4.69) is 5.32 Å². The second-order valence-electron chi connectivity index (χ2n) is 4.97. The van der Waals surface area contributed by atoms with E-state index in [1.807, 2.05) is 0 Å². The molecule has 0 aliphatic rings. The molecule has 120 valence electrons. The first kappa shape index (κ1) is 16.6. The Morgan fingerprint density at radius 1 is 1.26 bits per heavy atom. The molecule has 0 heterocycles. The van der Waals surface area contributed by atoms with E-state index in [4.69, 9.17) is 15.9 Å². The molecular formula is C17H18FN3O2. The molecule has 0 aliphatic heterocycles. The van der Waals surface area contributed by atoms with Crippen molar-refractivity contribution in [1.29, 1.82) is 5.41 Å². The molecule has 0 spiro atoms. The molecule has 0 aromatic heterocycles. The summed E-state index contributed by atoms with van der Waals surface area (Å²) in [6.07, 6.45) is -1.01. The average molecular weight is 315 g/mol. The molecule has 0 saturated heterocycles. The van der Waals surface area contributed by atoms with Gasteiger partial charge in [-0.1, -0.05) is 42.5 Å². The lowest BCUT2D eigenvalue weighted by atomic mass is 10.1. The fourth-order valence-corrected chi connectivity index (χ4v) is 2.15. The maximum Gasteiger partial charge on any atom is 0.254 e. The third-order valence-electron chi connectivity index (χ3n) is 3.39. The molecule has 1 atom stereocenters. The number of benzene rings is 2. The minimum Gasteiger partial charge on any atom is -0.384 e. The van der Waals surface area contributed by atoms with Crippen molar-refractivity contribution in [3.63, 3.8) is 0 Å². The smallest absolute Gasteiger partial charge is 0.254 e. The number of carbonyl (C=O) groups excluding carboxylic acids is 1. The molecule has 0 aliphatic carbocycles.